The second-order valence-electron chi connectivity index (χ2n) is 5.67. The van der Waals surface area contributed by atoms with Crippen molar-refractivity contribution in [3.05, 3.63) is 70.9 Å². The topological polar surface area (TPSA) is 52.5 Å². The van der Waals surface area contributed by atoms with Crippen molar-refractivity contribution in [2.24, 2.45) is 0 Å². The summed E-state index contributed by atoms with van der Waals surface area (Å²) in [6, 6.07) is 19.4. The van der Waals surface area contributed by atoms with E-state index in [2.05, 4.69) is 22.6 Å². The van der Waals surface area contributed by atoms with Gasteiger partial charge in [-0.15, -0.1) is 6.42 Å². The van der Waals surface area contributed by atoms with Gasteiger partial charge in [-0.2, -0.15) is 10.5 Å². The number of hydrogen-bond acceptors (Lipinski definition) is 2. The summed E-state index contributed by atoms with van der Waals surface area (Å²) in [6.45, 7) is 2.48. The molecule has 0 bridgehead atoms. The Bertz CT molecular complexity index is 1110. The Morgan fingerprint density at radius 1 is 1.16 bits per heavy atom. The maximum absolute atomic E-state index is 9.64. The smallest absolute Gasteiger partial charge is 0.0998 e. The predicted molar refractivity (Wildman–Crippen MR) is 100 cm³/mol. The van der Waals surface area contributed by atoms with E-state index in [0.29, 0.717) is 17.7 Å². The van der Waals surface area contributed by atoms with Crippen molar-refractivity contribution in [3.63, 3.8) is 0 Å². The molecule has 25 heavy (non-hydrogen) atoms. The molecule has 3 rings (SSSR count). The molecule has 0 fully saturated rings. The van der Waals surface area contributed by atoms with Crippen LogP contribution in [0.4, 0.5) is 0 Å². The van der Waals surface area contributed by atoms with Crippen molar-refractivity contribution in [3.8, 4) is 24.5 Å². The van der Waals surface area contributed by atoms with Crippen LogP contribution in [0.25, 0.3) is 22.6 Å². The minimum absolute atomic E-state index is 0.478. The summed E-state index contributed by atoms with van der Waals surface area (Å²) in [5.74, 6) is 2.69. The highest BCUT2D eigenvalue weighted by molar-refractivity contribution is 5.99. The molecule has 1 aromatic heterocycles. The average molecular weight is 321 g/mol. The van der Waals surface area contributed by atoms with Gasteiger partial charge in [-0.25, -0.2) is 0 Å². The van der Waals surface area contributed by atoms with Crippen LogP contribution in [0.3, 0.4) is 0 Å². The van der Waals surface area contributed by atoms with Crippen molar-refractivity contribution in [2.75, 3.05) is 0 Å². The first kappa shape index (κ1) is 16.1. The van der Waals surface area contributed by atoms with Crippen LogP contribution < -0.4 is 0 Å². The highest BCUT2D eigenvalue weighted by atomic mass is 15.0. The Morgan fingerprint density at radius 3 is 2.68 bits per heavy atom. The number of aromatic nitrogens is 1. The molecule has 3 nitrogen and oxygen atoms in total. The molecule has 2 aromatic carbocycles. The summed E-state index contributed by atoms with van der Waals surface area (Å²) in [4.78, 5) is 0. The molecule has 0 aliphatic rings. The van der Waals surface area contributed by atoms with Gasteiger partial charge in [0.05, 0.1) is 29.8 Å². The molecule has 0 atom stereocenters. The van der Waals surface area contributed by atoms with Crippen LogP contribution in [-0.2, 0) is 6.54 Å². The Labute approximate surface area is 147 Å². The molecular formula is C22H15N3. The van der Waals surface area contributed by atoms with Crippen LogP contribution in [-0.4, -0.2) is 4.57 Å². The maximum atomic E-state index is 9.64. The van der Waals surface area contributed by atoms with E-state index >= 15 is 0 Å². The molecule has 0 saturated heterocycles. The Balaban J connectivity index is 2.24. The number of benzene rings is 2. The van der Waals surface area contributed by atoms with Gasteiger partial charge < -0.3 is 4.57 Å². The van der Waals surface area contributed by atoms with Gasteiger partial charge in [-0.1, -0.05) is 36.3 Å². The van der Waals surface area contributed by atoms with E-state index in [1.54, 1.807) is 18.2 Å². The Kier molecular flexibility index (Phi) is 4.38. The molecule has 0 amide bonds. The van der Waals surface area contributed by atoms with Crippen LogP contribution in [0.1, 0.15) is 22.4 Å². The highest BCUT2D eigenvalue weighted by Gasteiger charge is 2.13. The fraction of sp³-hybridized carbons (Fsp3) is 0.0909. The average Bonchev–Trinajstić information content (AvgIpc) is 2.92. The molecule has 0 saturated carbocycles. The molecule has 3 aromatic rings. The fourth-order valence-corrected chi connectivity index (χ4v) is 3.02. The summed E-state index contributed by atoms with van der Waals surface area (Å²) in [7, 11) is 0. The van der Waals surface area contributed by atoms with Crippen LogP contribution in [0.15, 0.2) is 48.5 Å². The number of allylic oxidation sites excluding steroid dienone is 1. The van der Waals surface area contributed by atoms with Gasteiger partial charge in [-0.05, 0) is 36.8 Å². The van der Waals surface area contributed by atoms with Crippen molar-refractivity contribution < 1.29 is 0 Å². The van der Waals surface area contributed by atoms with Crippen LogP contribution in [0.2, 0.25) is 0 Å². The number of fused-ring (bicyclic) bond motifs is 1. The van der Waals surface area contributed by atoms with E-state index in [0.717, 1.165) is 27.7 Å². The lowest BCUT2D eigenvalue weighted by Gasteiger charge is -2.03. The Hall–Kier alpha value is -3.74. The van der Waals surface area contributed by atoms with Crippen molar-refractivity contribution >= 4 is 22.6 Å². The largest absolute Gasteiger partial charge is 0.333 e. The summed E-state index contributed by atoms with van der Waals surface area (Å²) < 4.78 is 2.07. The highest BCUT2D eigenvalue weighted by Crippen LogP contribution is 2.29. The van der Waals surface area contributed by atoms with Crippen molar-refractivity contribution in [2.45, 2.75) is 13.5 Å². The molecule has 0 spiro atoms. The SMILES string of the molecule is C#CCn1c(C)c(/C=C(\C#N)c2cccc(C#N)c2)c2ccccc21. The zero-order valence-electron chi connectivity index (χ0n) is 13.8. The molecular weight excluding hydrogens is 306 g/mol. The number of rotatable bonds is 3. The normalized spacial score (nSPS) is 10.9. The third kappa shape index (κ3) is 2.90. The van der Waals surface area contributed by atoms with Gasteiger partial charge in [0.2, 0.25) is 0 Å². The van der Waals surface area contributed by atoms with Crippen molar-refractivity contribution in [1.29, 1.82) is 10.5 Å². The number of nitriles is 2. The van der Waals surface area contributed by atoms with E-state index in [9.17, 15) is 5.26 Å². The van der Waals surface area contributed by atoms with Crippen LogP contribution >= 0.6 is 0 Å². The molecule has 0 N–H and O–H groups in total. The van der Waals surface area contributed by atoms with E-state index in [-0.39, 0.29) is 0 Å². The summed E-state index contributed by atoms with van der Waals surface area (Å²) in [5.41, 5.74) is 4.82. The second kappa shape index (κ2) is 6.79. The zero-order chi connectivity index (χ0) is 17.8. The quantitative estimate of drug-likeness (QED) is 0.526. The molecule has 118 valence electrons. The van der Waals surface area contributed by atoms with E-state index in [1.807, 2.05) is 43.3 Å². The standard InChI is InChI=1S/C22H15N3/c1-3-11-25-16(2)21(20-9-4-5-10-22(20)25)13-19(15-24)18-8-6-7-17(12-18)14-23/h1,4-10,12-13H,11H2,2H3/b19-13+. The maximum Gasteiger partial charge on any atom is 0.0998 e. The predicted octanol–water partition coefficient (Wildman–Crippen LogP) is 4.52. The number of nitrogens with zero attached hydrogens (tertiary/aromatic N) is 3. The second-order valence-corrected chi connectivity index (χ2v) is 5.67. The van der Waals surface area contributed by atoms with Gasteiger partial charge in [-0.3, -0.25) is 0 Å². The molecule has 0 aliphatic carbocycles. The van der Waals surface area contributed by atoms with Gasteiger partial charge in [0.15, 0.2) is 0 Å². The lowest BCUT2D eigenvalue weighted by atomic mass is 10.0. The van der Waals surface area contributed by atoms with Gasteiger partial charge in [0, 0.05) is 22.2 Å². The number of hydrogen-bond donors (Lipinski definition) is 0. The minimum Gasteiger partial charge on any atom is -0.333 e. The van der Waals surface area contributed by atoms with E-state index < -0.39 is 0 Å². The fourth-order valence-electron chi connectivity index (χ4n) is 3.02. The van der Waals surface area contributed by atoms with E-state index in [1.165, 1.54) is 0 Å². The van der Waals surface area contributed by atoms with Crippen LogP contribution in [0, 0.1) is 41.9 Å². The molecule has 0 aliphatic heterocycles. The van der Waals surface area contributed by atoms with E-state index in [4.69, 9.17) is 11.7 Å². The first-order valence-corrected chi connectivity index (χ1v) is 7.83. The lowest BCUT2D eigenvalue weighted by molar-refractivity contribution is 0.846. The van der Waals surface area contributed by atoms with Crippen molar-refractivity contribution in [1.82, 2.24) is 4.57 Å². The summed E-state index contributed by atoms with van der Waals surface area (Å²) in [6.07, 6.45) is 7.39. The molecule has 0 unspecified atom stereocenters. The van der Waals surface area contributed by atoms with Gasteiger partial charge in [0.1, 0.15) is 0 Å². The third-order valence-electron chi connectivity index (χ3n) is 4.24. The molecule has 3 heteroatoms. The lowest BCUT2D eigenvalue weighted by Crippen LogP contribution is -1.97. The monoisotopic (exact) mass is 321 g/mol. The summed E-state index contributed by atoms with van der Waals surface area (Å²) >= 11 is 0. The molecule has 0 radical (unpaired) electrons. The molecule has 1 heterocycles. The third-order valence-corrected chi connectivity index (χ3v) is 4.24. The Morgan fingerprint density at radius 2 is 1.96 bits per heavy atom. The minimum atomic E-state index is 0.478. The number of para-hydroxylation sites is 1. The number of terminal acetylenes is 1. The van der Waals surface area contributed by atoms with Crippen LogP contribution in [0.5, 0.6) is 0 Å². The first-order valence-electron chi connectivity index (χ1n) is 7.83. The zero-order valence-corrected chi connectivity index (χ0v) is 13.8. The first-order chi connectivity index (χ1) is 12.2. The summed E-state index contributed by atoms with van der Waals surface area (Å²) in [5, 5.41) is 19.8. The van der Waals surface area contributed by atoms with Gasteiger partial charge in [0.25, 0.3) is 0 Å². The van der Waals surface area contributed by atoms with Gasteiger partial charge >= 0.3 is 0 Å².